The minimum absolute atomic E-state index is 0. The van der Waals surface area contributed by atoms with Gasteiger partial charge in [0, 0.05) is 0 Å². The molecule has 2 aliphatic rings. The van der Waals surface area contributed by atoms with Crippen LogP contribution in [0.15, 0.2) is 24.3 Å². The Morgan fingerprint density at radius 3 is 2.47 bits per heavy atom. The van der Waals surface area contributed by atoms with Gasteiger partial charge in [-0.1, -0.05) is 24.3 Å². The minimum atomic E-state index is -3.01. The molecule has 1 aromatic rings. The van der Waals surface area contributed by atoms with E-state index in [1.165, 1.54) is 0 Å². The van der Waals surface area contributed by atoms with E-state index in [4.69, 9.17) is 0 Å². The number of piperidine rings is 1. The van der Waals surface area contributed by atoms with Crippen molar-refractivity contribution in [2.24, 2.45) is 0 Å². The van der Waals surface area contributed by atoms with Crippen LogP contribution in [0.2, 0.25) is 0 Å². The number of hydrogen-bond donors (Lipinski definition) is 1. The summed E-state index contributed by atoms with van der Waals surface area (Å²) in [4.78, 5) is 0. The zero-order valence-electron chi connectivity index (χ0n) is 9.48. The molecule has 1 aromatic carbocycles. The maximum absolute atomic E-state index is 12.4. The van der Waals surface area contributed by atoms with Crippen molar-refractivity contribution in [3.8, 4) is 0 Å². The average Bonchev–Trinajstić information content (AvgIpc) is 2.49. The van der Waals surface area contributed by atoms with Crippen LogP contribution in [0.3, 0.4) is 0 Å². The van der Waals surface area contributed by atoms with Gasteiger partial charge >= 0.3 is 0 Å². The van der Waals surface area contributed by atoms with Crippen molar-refractivity contribution in [2.75, 3.05) is 13.1 Å². The molecule has 0 atom stereocenters. The zero-order valence-corrected chi connectivity index (χ0v) is 11.1. The highest BCUT2D eigenvalue weighted by Gasteiger charge is 2.51. The van der Waals surface area contributed by atoms with E-state index in [-0.39, 0.29) is 18.2 Å². The lowest BCUT2D eigenvalue weighted by Crippen LogP contribution is -2.43. The smallest absolute Gasteiger partial charge is 0.164 e. The molecule has 0 unspecified atom stereocenters. The molecule has 0 amide bonds. The maximum Gasteiger partial charge on any atom is 0.164 e. The van der Waals surface area contributed by atoms with Crippen molar-refractivity contribution in [1.29, 1.82) is 0 Å². The fraction of sp³-hybridized carbons (Fsp3) is 0.500. The highest BCUT2D eigenvalue weighted by atomic mass is 35.5. The first-order valence-corrected chi connectivity index (χ1v) is 7.32. The van der Waals surface area contributed by atoms with Crippen molar-refractivity contribution in [3.05, 3.63) is 35.4 Å². The van der Waals surface area contributed by atoms with Crippen LogP contribution in [0.25, 0.3) is 0 Å². The molecule has 5 heteroatoms. The van der Waals surface area contributed by atoms with Gasteiger partial charge in [0.05, 0.1) is 5.75 Å². The number of benzene rings is 1. The molecule has 1 fully saturated rings. The van der Waals surface area contributed by atoms with E-state index < -0.39 is 14.6 Å². The van der Waals surface area contributed by atoms with Crippen LogP contribution in [-0.2, 0) is 20.3 Å². The predicted octanol–water partition coefficient (Wildman–Crippen LogP) is 1.62. The molecule has 0 bridgehead atoms. The second-order valence-corrected chi connectivity index (χ2v) is 6.96. The van der Waals surface area contributed by atoms with Crippen LogP contribution in [0.5, 0.6) is 0 Å². The molecule has 2 heterocycles. The molecule has 0 aliphatic carbocycles. The van der Waals surface area contributed by atoms with Crippen LogP contribution in [0, 0.1) is 0 Å². The average molecular weight is 274 g/mol. The number of halogens is 1. The standard InChI is InChI=1S/C12H15NO2S.ClH/c14-16(15)9-10-3-1-2-4-11(10)12(16)5-7-13-8-6-12;/h1-4,13H,5-9H2;1H. The van der Waals surface area contributed by atoms with E-state index in [2.05, 4.69) is 5.32 Å². The summed E-state index contributed by atoms with van der Waals surface area (Å²) in [6.07, 6.45) is 1.43. The summed E-state index contributed by atoms with van der Waals surface area (Å²) in [5.41, 5.74) is 2.06. The number of sulfone groups is 1. The first kappa shape index (κ1) is 12.9. The lowest BCUT2D eigenvalue weighted by Gasteiger charge is -2.33. The van der Waals surface area contributed by atoms with Gasteiger partial charge in [-0.2, -0.15) is 0 Å². The van der Waals surface area contributed by atoms with Crippen LogP contribution < -0.4 is 5.32 Å². The molecule has 3 nitrogen and oxygen atoms in total. The highest BCUT2D eigenvalue weighted by molar-refractivity contribution is 7.92. The number of fused-ring (bicyclic) bond motifs is 2. The van der Waals surface area contributed by atoms with Gasteiger partial charge in [-0.15, -0.1) is 12.4 Å². The Morgan fingerprint density at radius 2 is 1.76 bits per heavy atom. The maximum atomic E-state index is 12.4. The lowest BCUT2D eigenvalue weighted by molar-refractivity contribution is 0.401. The number of hydrogen-bond acceptors (Lipinski definition) is 3. The predicted molar refractivity (Wildman–Crippen MR) is 70.1 cm³/mol. The molecule has 1 spiro atoms. The Labute approximate surface area is 108 Å². The molecule has 1 N–H and O–H groups in total. The molecule has 1 saturated heterocycles. The lowest BCUT2D eigenvalue weighted by atomic mass is 9.87. The van der Waals surface area contributed by atoms with Gasteiger partial charge in [-0.25, -0.2) is 8.42 Å². The molecule has 17 heavy (non-hydrogen) atoms. The van der Waals surface area contributed by atoms with Crippen molar-refractivity contribution < 1.29 is 8.42 Å². The quantitative estimate of drug-likeness (QED) is 0.781. The normalized spacial score (nSPS) is 24.0. The van der Waals surface area contributed by atoms with Gasteiger partial charge in [0.25, 0.3) is 0 Å². The highest BCUT2D eigenvalue weighted by Crippen LogP contribution is 2.47. The van der Waals surface area contributed by atoms with Crippen molar-refractivity contribution in [2.45, 2.75) is 23.3 Å². The second-order valence-electron chi connectivity index (χ2n) is 4.66. The fourth-order valence-corrected chi connectivity index (χ4v) is 5.31. The third-order valence-corrected chi connectivity index (χ3v) is 6.37. The zero-order chi connectivity index (χ0) is 11.2. The van der Waals surface area contributed by atoms with Crippen LogP contribution in [-0.4, -0.2) is 21.5 Å². The first-order valence-electron chi connectivity index (χ1n) is 5.67. The van der Waals surface area contributed by atoms with E-state index in [0.29, 0.717) is 12.8 Å². The van der Waals surface area contributed by atoms with Gasteiger partial charge in [0.1, 0.15) is 4.75 Å². The summed E-state index contributed by atoms with van der Waals surface area (Å²) in [5, 5.41) is 3.24. The monoisotopic (exact) mass is 273 g/mol. The van der Waals surface area contributed by atoms with E-state index in [1.54, 1.807) is 0 Å². The van der Waals surface area contributed by atoms with E-state index in [9.17, 15) is 8.42 Å². The third kappa shape index (κ3) is 1.70. The molecule has 94 valence electrons. The summed E-state index contributed by atoms with van der Waals surface area (Å²) < 4.78 is 24.1. The topological polar surface area (TPSA) is 46.2 Å². The fourth-order valence-electron chi connectivity index (χ4n) is 3.01. The molecule has 2 aliphatic heterocycles. The summed E-state index contributed by atoms with van der Waals surface area (Å²) in [5.74, 6) is 0.225. The van der Waals surface area contributed by atoms with Gasteiger partial charge in [0.15, 0.2) is 9.84 Å². The van der Waals surface area contributed by atoms with E-state index >= 15 is 0 Å². The molecule has 0 radical (unpaired) electrons. The van der Waals surface area contributed by atoms with Crippen LogP contribution in [0.4, 0.5) is 0 Å². The first-order chi connectivity index (χ1) is 7.66. The Hall–Kier alpha value is -0.580. The van der Waals surface area contributed by atoms with E-state index in [0.717, 1.165) is 24.2 Å². The molecule has 0 aromatic heterocycles. The minimum Gasteiger partial charge on any atom is -0.317 e. The SMILES string of the molecule is Cl.O=S1(=O)Cc2ccccc2C12CCNCC2. The Kier molecular flexibility index (Phi) is 3.23. The molecule has 0 saturated carbocycles. The number of nitrogens with one attached hydrogen (secondary N) is 1. The molecule has 3 rings (SSSR count). The third-order valence-electron chi connectivity index (χ3n) is 3.86. The van der Waals surface area contributed by atoms with Gasteiger partial charge in [0.2, 0.25) is 0 Å². The Balaban J connectivity index is 0.00000108. The van der Waals surface area contributed by atoms with E-state index in [1.807, 2.05) is 24.3 Å². The Bertz CT molecular complexity index is 521. The summed E-state index contributed by atoms with van der Waals surface area (Å²) in [7, 11) is -3.01. The largest absolute Gasteiger partial charge is 0.317 e. The van der Waals surface area contributed by atoms with Gasteiger partial charge < -0.3 is 5.32 Å². The second kappa shape index (κ2) is 4.26. The molecular formula is C12H16ClNO2S. The van der Waals surface area contributed by atoms with Gasteiger partial charge in [-0.05, 0) is 37.1 Å². The number of rotatable bonds is 0. The van der Waals surface area contributed by atoms with Crippen molar-refractivity contribution >= 4 is 22.2 Å². The van der Waals surface area contributed by atoms with Gasteiger partial charge in [-0.3, -0.25) is 0 Å². The van der Waals surface area contributed by atoms with Crippen LogP contribution >= 0.6 is 12.4 Å². The summed E-state index contributed by atoms with van der Waals surface area (Å²) in [6.45, 7) is 1.60. The van der Waals surface area contributed by atoms with Crippen molar-refractivity contribution in [1.82, 2.24) is 5.32 Å². The summed E-state index contributed by atoms with van der Waals surface area (Å²) >= 11 is 0. The Morgan fingerprint density at radius 1 is 1.12 bits per heavy atom. The molecular weight excluding hydrogens is 258 g/mol. The van der Waals surface area contributed by atoms with Crippen molar-refractivity contribution in [3.63, 3.8) is 0 Å². The van der Waals surface area contributed by atoms with Crippen LogP contribution in [0.1, 0.15) is 24.0 Å². The summed E-state index contributed by atoms with van der Waals surface area (Å²) in [6, 6.07) is 7.81.